The second-order valence-corrected chi connectivity index (χ2v) is 7.34. The molecule has 30 heavy (non-hydrogen) atoms. The molecule has 0 radical (unpaired) electrons. The summed E-state index contributed by atoms with van der Waals surface area (Å²) in [5.41, 5.74) is 11.0. The van der Waals surface area contributed by atoms with E-state index in [1.54, 1.807) is 0 Å². The van der Waals surface area contributed by atoms with Gasteiger partial charge in [-0.1, -0.05) is 12.1 Å². The summed E-state index contributed by atoms with van der Waals surface area (Å²) in [5.74, 6) is 0.0390. The highest BCUT2D eigenvalue weighted by molar-refractivity contribution is 5.95. The van der Waals surface area contributed by atoms with Gasteiger partial charge in [-0.2, -0.15) is 5.10 Å². The van der Waals surface area contributed by atoms with Crippen molar-refractivity contribution in [2.24, 2.45) is 5.73 Å². The van der Waals surface area contributed by atoms with Crippen molar-refractivity contribution in [2.75, 3.05) is 11.9 Å². The predicted octanol–water partition coefficient (Wildman–Crippen LogP) is 2.71. The molecule has 1 aromatic heterocycles. The fourth-order valence-electron chi connectivity index (χ4n) is 3.65. The van der Waals surface area contributed by atoms with E-state index in [1.165, 1.54) is 15.6 Å². The van der Waals surface area contributed by atoms with Crippen LogP contribution in [0, 0.1) is 6.92 Å². The molecular weight excluding hydrogens is 385 g/mol. The van der Waals surface area contributed by atoms with Crippen LogP contribution < -0.4 is 16.7 Å². The number of nitrogens with one attached hydrogen (secondary N) is 1. The van der Waals surface area contributed by atoms with Crippen molar-refractivity contribution in [1.82, 2.24) is 14.3 Å². The molecule has 1 aliphatic heterocycles. The predicted molar refractivity (Wildman–Crippen MR) is 113 cm³/mol. The summed E-state index contributed by atoms with van der Waals surface area (Å²) < 4.78 is 15.4. The lowest BCUT2D eigenvalue weighted by Crippen LogP contribution is -2.26. The number of anilines is 1. The molecule has 2 aromatic carbocycles. The molecule has 7 nitrogen and oxygen atoms in total. The first-order chi connectivity index (χ1) is 14.5. The molecule has 0 spiro atoms. The molecule has 4 rings (SSSR count). The van der Waals surface area contributed by atoms with E-state index in [2.05, 4.69) is 16.5 Å². The first kappa shape index (κ1) is 19.8. The molecule has 3 aromatic rings. The number of benzene rings is 2. The third kappa shape index (κ3) is 3.69. The summed E-state index contributed by atoms with van der Waals surface area (Å²) in [6.07, 6.45) is 3.00. The summed E-state index contributed by atoms with van der Waals surface area (Å²) in [5, 5.41) is 7.02. The Kier molecular flexibility index (Phi) is 5.33. The minimum Gasteiger partial charge on any atom is -0.327 e. The van der Waals surface area contributed by atoms with Gasteiger partial charge in [0.05, 0.1) is 18.6 Å². The van der Waals surface area contributed by atoms with Crippen molar-refractivity contribution < 1.29 is 9.18 Å². The molecule has 0 unspecified atom stereocenters. The molecule has 154 valence electrons. The van der Waals surface area contributed by atoms with Gasteiger partial charge in [-0.3, -0.25) is 4.79 Å². The quantitative estimate of drug-likeness (QED) is 0.680. The Hall–Kier alpha value is -3.52. The van der Waals surface area contributed by atoms with Gasteiger partial charge in [0.1, 0.15) is 6.33 Å². The molecule has 0 saturated heterocycles. The highest BCUT2D eigenvalue weighted by Gasteiger charge is 2.18. The number of nitrogens with two attached hydrogens (primary N) is 1. The number of nitrogens with zero attached hydrogens (tertiary/aromatic N) is 3. The van der Waals surface area contributed by atoms with Crippen LogP contribution in [0.3, 0.4) is 0 Å². The largest absolute Gasteiger partial charge is 0.350 e. The van der Waals surface area contributed by atoms with Gasteiger partial charge in [0, 0.05) is 18.7 Å². The summed E-state index contributed by atoms with van der Waals surface area (Å²) in [7, 11) is 0. The van der Waals surface area contributed by atoms with Gasteiger partial charge in [-0.25, -0.2) is 18.4 Å². The lowest BCUT2D eigenvalue weighted by molar-refractivity contribution is -0.116. The van der Waals surface area contributed by atoms with Gasteiger partial charge < -0.3 is 11.1 Å². The number of hydrogen-bond acceptors (Lipinski definition) is 4. The van der Waals surface area contributed by atoms with E-state index in [0.29, 0.717) is 24.9 Å². The normalized spacial score (nSPS) is 13.8. The zero-order chi connectivity index (χ0) is 21.3. The first-order valence-electron chi connectivity index (χ1n) is 9.67. The summed E-state index contributed by atoms with van der Waals surface area (Å²) in [4.78, 5) is 24.4. The van der Waals surface area contributed by atoms with Crippen molar-refractivity contribution >= 4 is 11.6 Å². The lowest BCUT2D eigenvalue weighted by Gasteiger charge is -2.20. The van der Waals surface area contributed by atoms with Crippen LogP contribution in [0.2, 0.25) is 0 Å². The van der Waals surface area contributed by atoms with E-state index in [1.807, 2.05) is 37.3 Å². The Morgan fingerprint density at radius 3 is 2.83 bits per heavy atom. The van der Waals surface area contributed by atoms with Crippen molar-refractivity contribution in [3.8, 4) is 16.8 Å². The Morgan fingerprint density at radius 2 is 2.07 bits per heavy atom. The van der Waals surface area contributed by atoms with Gasteiger partial charge in [0.2, 0.25) is 5.91 Å². The zero-order valence-electron chi connectivity index (χ0n) is 16.6. The number of rotatable bonds is 5. The summed E-state index contributed by atoms with van der Waals surface area (Å²) >= 11 is 0. The average molecular weight is 407 g/mol. The molecule has 1 amide bonds. The second kappa shape index (κ2) is 8.08. The van der Waals surface area contributed by atoms with Crippen LogP contribution in [-0.2, 0) is 17.8 Å². The van der Waals surface area contributed by atoms with E-state index in [-0.39, 0.29) is 30.3 Å². The Morgan fingerprint density at radius 1 is 1.23 bits per heavy atom. The zero-order valence-corrected chi connectivity index (χ0v) is 16.6. The SMILES string of the molecule is Cc1cc(-c2cccc(-n3cnn(C/C(=C/F)CN)c3=O)c2)cc2c1NC(=O)CC2. The Balaban J connectivity index is 1.69. The molecule has 0 saturated carbocycles. The van der Waals surface area contributed by atoms with Crippen LogP contribution in [0.15, 0.2) is 59.4 Å². The molecule has 0 atom stereocenters. The third-order valence-electron chi connectivity index (χ3n) is 5.26. The number of fused-ring (bicyclic) bond motifs is 1. The fraction of sp³-hybridized carbons (Fsp3) is 0.227. The van der Waals surface area contributed by atoms with Crippen molar-refractivity contribution in [3.63, 3.8) is 0 Å². The summed E-state index contributed by atoms with van der Waals surface area (Å²) in [6.45, 7) is 2.00. The molecule has 0 fully saturated rings. The van der Waals surface area contributed by atoms with Crippen LogP contribution in [0.5, 0.6) is 0 Å². The van der Waals surface area contributed by atoms with Crippen LogP contribution in [0.25, 0.3) is 16.8 Å². The number of amides is 1. The number of aromatic nitrogens is 3. The minimum atomic E-state index is -0.371. The lowest BCUT2D eigenvalue weighted by atomic mass is 9.93. The van der Waals surface area contributed by atoms with Gasteiger partial charge in [0.15, 0.2) is 0 Å². The van der Waals surface area contributed by atoms with Crippen LogP contribution in [0.4, 0.5) is 10.1 Å². The van der Waals surface area contributed by atoms with Crippen molar-refractivity contribution in [3.05, 3.63) is 76.2 Å². The van der Waals surface area contributed by atoms with E-state index in [9.17, 15) is 14.0 Å². The standard InChI is InChI=1S/C22H22FN5O2/c1-14-7-18(8-17-5-6-20(29)26-21(14)17)16-3-2-4-19(9-16)27-13-25-28(22(27)30)12-15(10-23)11-24/h2-4,7-10,13H,5-6,11-12,24H2,1H3,(H,26,29)/b15-10+. The summed E-state index contributed by atoms with van der Waals surface area (Å²) in [6, 6.07) is 11.7. The molecular formula is C22H22FN5O2. The molecule has 8 heteroatoms. The second-order valence-electron chi connectivity index (χ2n) is 7.34. The Labute approximate surface area is 172 Å². The molecule has 1 aliphatic rings. The maximum Gasteiger partial charge on any atom is 0.350 e. The van der Waals surface area contributed by atoms with Gasteiger partial charge in [-0.15, -0.1) is 0 Å². The maximum absolute atomic E-state index is 12.8. The smallest absolute Gasteiger partial charge is 0.327 e. The van der Waals surface area contributed by atoms with E-state index < -0.39 is 0 Å². The van der Waals surface area contributed by atoms with E-state index in [0.717, 1.165) is 27.9 Å². The average Bonchev–Trinajstić information content (AvgIpc) is 3.12. The van der Waals surface area contributed by atoms with Crippen LogP contribution in [0.1, 0.15) is 17.5 Å². The maximum atomic E-state index is 12.8. The monoisotopic (exact) mass is 407 g/mol. The van der Waals surface area contributed by atoms with E-state index >= 15 is 0 Å². The van der Waals surface area contributed by atoms with Gasteiger partial charge >= 0.3 is 5.69 Å². The molecule has 2 heterocycles. The van der Waals surface area contributed by atoms with E-state index in [4.69, 9.17) is 5.73 Å². The fourth-order valence-corrected chi connectivity index (χ4v) is 3.65. The Bertz CT molecular complexity index is 1210. The number of hydrogen-bond donors (Lipinski definition) is 2. The highest BCUT2D eigenvalue weighted by atomic mass is 19.1. The number of carbonyl (C=O) groups is 1. The van der Waals surface area contributed by atoms with Crippen molar-refractivity contribution in [1.29, 1.82) is 0 Å². The topological polar surface area (TPSA) is 94.9 Å². The first-order valence-corrected chi connectivity index (χ1v) is 9.67. The number of aryl methyl sites for hydroxylation is 2. The highest BCUT2D eigenvalue weighted by Crippen LogP contribution is 2.32. The van der Waals surface area contributed by atoms with Gasteiger partial charge in [0.25, 0.3) is 0 Å². The minimum absolute atomic E-state index is 0.00820. The van der Waals surface area contributed by atoms with Crippen LogP contribution in [-0.4, -0.2) is 26.8 Å². The van der Waals surface area contributed by atoms with Crippen molar-refractivity contribution in [2.45, 2.75) is 26.3 Å². The van der Waals surface area contributed by atoms with Gasteiger partial charge in [-0.05, 0) is 65.4 Å². The molecule has 3 N–H and O–H groups in total. The molecule has 0 aliphatic carbocycles. The number of carbonyl (C=O) groups excluding carboxylic acids is 1. The molecule has 0 bridgehead atoms. The number of halogens is 1. The third-order valence-corrected chi connectivity index (χ3v) is 5.26. The van der Waals surface area contributed by atoms with Crippen LogP contribution >= 0.6 is 0 Å².